The van der Waals surface area contributed by atoms with Gasteiger partial charge in [-0.25, -0.2) is 4.98 Å². The molecular weight excluding hydrogens is 432 g/mol. The summed E-state index contributed by atoms with van der Waals surface area (Å²) in [5, 5.41) is 0.861. The van der Waals surface area contributed by atoms with E-state index >= 15 is 0 Å². The summed E-state index contributed by atoms with van der Waals surface area (Å²) in [4.78, 5) is 30.2. The molecule has 0 saturated carbocycles. The highest BCUT2D eigenvalue weighted by molar-refractivity contribution is 7.99. The Morgan fingerprint density at radius 2 is 2.03 bits per heavy atom. The van der Waals surface area contributed by atoms with Gasteiger partial charge >= 0.3 is 5.97 Å². The molecule has 2 rings (SSSR count). The minimum atomic E-state index is -0.183. The van der Waals surface area contributed by atoms with Gasteiger partial charge < -0.3 is 4.74 Å². The molecule has 1 atom stereocenters. The minimum absolute atomic E-state index is 0.116. The van der Waals surface area contributed by atoms with E-state index in [9.17, 15) is 9.59 Å². The largest absolute Gasteiger partial charge is 0.465 e. The van der Waals surface area contributed by atoms with Gasteiger partial charge in [0.15, 0.2) is 0 Å². The van der Waals surface area contributed by atoms with Gasteiger partial charge in [0.05, 0.1) is 35.3 Å². The van der Waals surface area contributed by atoms with Gasteiger partial charge in [-0.3, -0.25) is 14.2 Å². The molecule has 1 heterocycles. The zero-order valence-corrected chi connectivity index (χ0v) is 20.7. The van der Waals surface area contributed by atoms with Gasteiger partial charge in [-0.1, -0.05) is 58.6 Å². The number of unbranched alkanes of at least 4 members (excludes halogenated alkanes) is 1. The Bertz CT molecular complexity index is 914. The Morgan fingerprint density at radius 1 is 1.26 bits per heavy atom. The smallest absolute Gasteiger partial charge is 0.306 e. The van der Waals surface area contributed by atoms with Crippen molar-refractivity contribution in [3.63, 3.8) is 0 Å². The van der Waals surface area contributed by atoms with Gasteiger partial charge in [0.2, 0.25) is 0 Å². The highest BCUT2D eigenvalue weighted by Crippen LogP contribution is 2.32. The lowest BCUT2D eigenvalue weighted by atomic mass is 10.0. The number of hydrogen-bond acceptors (Lipinski definition) is 5. The molecule has 0 aliphatic carbocycles. The van der Waals surface area contributed by atoms with E-state index < -0.39 is 0 Å². The average Bonchev–Trinajstić information content (AvgIpc) is 2.74. The van der Waals surface area contributed by atoms with Crippen LogP contribution < -0.4 is 5.56 Å². The highest BCUT2D eigenvalue weighted by atomic mass is 35.5. The second-order valence-corrected chi connectivity index (χ2v) is 9.91. The highest BCUT2D eigenvalue weighted by Gasteiger charge is 2.14. The molecule has 0 aliphatic rings. The number of thioether (sulfide) groups is 1. The molecule has 0 spiro atoms. The van der Waals surface area contributed by atoms with E-state index in [2.05, 4.69) is 32.7 Å². The Labute approximate surface area is 194 Å². The van der Waals surface area contributed by atoms with E-state index in [-0.39, 0.29) is 11.5 Å². The van der Waals surface area contributed by atoms with E-state index in [0.717, 1.165) is 30.6 Å². The van der Waals surface area contributed by atoms with Crippen molar-refractivity contribution < 1.29 is 9.53 Å². The van der Waals surface area contributed by atoms with Gasteiger partial charge in [0.25, 0.3) is 5.56 Å². The summed E-state index contributed by atoms with van der Waals surface area (Å²) in [6, 6.07) is 3.68. The molecule has 0 amide bonds. The number of aromatic nitrogens is 2. The van der Waals surface area contributed by atoms with Crippen molar-refractivity contribution in [2.75, 3.05) is 12.4 Å². The molecule has 0 saturated heterocycles. The molecule has 0 radical (unpaired) electrons. The quantitative estimate of drug-likeness (QED) is 0.254. The van der Waals surface area contributed by atoms with E-state index in [4.69, 9.17) is 16.3 Å². The van der Waals surface area contributed by atoms with Crippen molar-refractivity contribution in [2.45, 2.75) is 77.7 Å². The first-order chi connectivity index (χ1) is 14.9. The minimum Gasteiger partial charge on any atom is -0.465 e. The molecule has 0 fully saturated rings. The Kier molecular flexibility index (Phi) is 10.9. The van der Waals surface area contributed by atoms with Crippen LogP contribution >= 0.6 is 23.4 Å². The van der Waals surface area contributed by atoms with Crippen LogP contribution in [0.4, 0.5) is 0 Å². The van der Waals surface area contributed by atoms with Crippen LogP contribution in [0.25, 0.3) is 10.9 Å². The Balaban J connectivity index is 1.97. The number of rotatable bonds is 13. The van der Waals surface area contributed by atoms with Crippen LogP contribution in [-0.4, -0.2) is 27.9 Å². The molecular formula is C24H35ClN2O3S. The van der Waals surface area contributed by atoms with E-state index in [1.54, 1.807) is 10.9 Å². The fraction of sp³-hybridized carbons (Fsp3) is 0.625. The van der Waals surface area contributed by atoms with Gasteiger partial charge in [-0.05, 0) is 36.8 Å². The monoisotopic (exact) mass is 466 g/mol. The van der Waals surface area contributed by atoms with Crippen molar-refractivity contribution >= 4 is 40.2 Å². The maximum absolute atomic E-state index is 12.9. The number of esters is 1. The first kappa shape index (κ1) is 25.7. The van der Waals surface area contributed by atoms with Crippen LogP contribution in [0.5, 0.6) is 0 Å². The number of ether oxygens (including phenoxy) is 1. The van der Waals surface area contributed by atoms with Crippen LogP contribution in [0, 0.1) is 11.8 Å². The number of fused-ring (bicyclic) bond motifs is 1. The predicted molar refractivity (Wildman–Crippen MR) is 130 cm³/mol. The maximum atomic E-state index is 12.9. The molecule has 7 heteroatoms. The van der Waals surface area contributed by atoms with Crippen molar-refractivity contribution in [2.24, 2.45) is 11.8 Å². The first-order valence-corrected chi connectivity index (χ1v) is 12.7. The summed E-state index contributed by atoms with van der Waals surface area (Å²) in [5.41, 5.74) is 0.479. The standard InChI is InChI=1S/C24H35ClN2O3S/c1-5-7-8-18(6-2)15-30-21(28)12-14-31-20-10-9-19-22(23(20)25)24(29)27(16-26-19)13-11-17(3)4/h9-10,16-18H,5-8,11-15H2,1-4H3. The maximum Gasteiger partial charge on any atom is 0.306 e. The number of benzene rings is 1. The number of hydrogen-bond donors (Lipinski definition) is 0. The summed E-state index contributed by atoms with van der Waals surface area (Å²) in [6.45, 7) is 9.68. The normalized spacial score (nSPS) is 12.5. The number of nitrogens with zero attached hydrogens (tertiary/aromatic N) is 2. The molecule has 0 aliphatic heterocycles. The Hall–Kier alpha value is -1.53. The number of aryl methyl sites for hydroxylation is 1. The second kappa shape index (κ2) is 13.1. The topological polar surface area (TPSA) is 61.2 Å². The van der Waals surface area contributed by atoms with Crippen molar-refractivity contribution in [1.29, 1.82) is 0 Å². The van der Waals surface area contributed by atoms with E-state index in [1.807, 2.05) is 12.1 Å². The van der Waals surface area contributed by atoms with E-state index in [1.165, 1.54) is 18.2 Å². The summed E-state index contributed by atoms with van der Waals surface area (Å²) in [6.07, 6.45) is 7.26. The SMILES string of the molecule is CCCCC(CC)COC(=O)CCSc1ccc2ncn(CCC(C)C)c(=O)c2c1Cl. The summed E-state index contributed by atoms with van der Waals surface area (Å²) in [5.74, 6) is 1.31. The third-order valence-corrected chi connectivity index (χ3v) is 6.99. The summed E-state index contributed by atoms with van der Waals surface area (Å²) in [7, 11) is 0. The first-order valence-electron chi connectivity index (χ1n) is 11.3. The molecule has 0 bridgehead atoms. The number of carbonyl (C=O) groups excluding carboxylic acids is 1. The molecule has 5 nitrogen and oxygen atoms in total. The zero-order chi connectivity index (χ0) is 22.8. The lowest BCUT2D eigenvalue weighted by Gasteiger charge is -2.14. The van der Waals surface area contributed by atoms with Gasteiger partial charge in [-0.2, -0.15) is 0 Å². The predicted octanol–water partition coefficient (Wildman–Crippen LogP) is 6.34. The molecule has 2 aromatic rings. The van der Waals surface area contributed by atoms with Crippen LogP contribution in [0.15, 0.2) is 28.2 Å². The fourth-order valence-electron chi connectivity index (χ4n) is 3.28. The van der Waals surface area contributed by atoms with Crippen LogP contribution in [0.2, 0.25) is 5.02 Å². The third kappa shape index (κ3) is 7.83. The lowest BCUT2D eigenvalue weighted by molar-refractivity contribution is -0.144. The van der Waals surface area contributed by atoms with Crippen LogP contribution in [0.3, 0.4) is 0 Å². The summed E-state index contributed by atoms with van der Waals surface area (Å²) >= 11 is 8.04. The fourth-order valence-corrected chi connectivity index (χ4v) is 4.57. The lowest BCUT2D eigenvalue weighted by Crippen LogP contribution is -2.21. The molecule has 1 aromatic heterocycles. The van der Waals surface area contributed by atoms with Crippen LogP contribution in [-0.2, 0) is 16.1 Å². The third-order valence-electron chi connectivity index (χ3n) is 5.43. The molecule has 0 N–H and O–H groups in total. The number of carbonyl (C=O) groups is 1. The molecule has 1 aromatic carbocycles. The molecule has 172 valence electrons. The van der Waals surface area contributed by atoms with Gasteiger partial charge in [-0.15, -0.1) is 11.8 Å². The average molecular weight is 467 g/mol. The van der Waals surface area contributed by atoms with Crippen molar-refractivity contribution in [1.82, 2.24) is 9.55 Å². The number of halogens is 1. The van der Waals surface area contributed by atoms with Crippen molar-refractivity contribution in [3.8, 4) is 0 Å². The molecule has 1 unspecified atom stereocenters. The van der Waals surface area contributed by atoms with E-state index in [0.29, 0.717) is 53.1 Å². The van der Waals surface area contributed by atoms with Gasteiger partial charge in [0.1, 0.15) is 0 Å². The van der Waals surface area contributed by atoms with Gasteiger partial charge in [0, 0.05) is 17.2 Å². The molecule has 31 heavy (non-hydrogen) atoms. The van der Waals surface area contributed by atoms with Crippen LogP contribution in [0.1, 0.15) is 66.2 Å². The zero-order valence-electron chi connectivity index (χ0n) is 19.2. The summed E-state index contributed by atoms with van der Waals surface area (Å²) < 4.78 is 7.09. The Morgan fingerprint density at radius 3 is 2.71 bits per heavy atom. The van der Waals surface area contributed by atoms with Crippen molar-refractivity contribution in [3.05, 3.63) is 33.8 Å². The second-order valence-electron chi connectivity index (χ2n) is 8.40.